The zero-order valence-corrected chi connectivity index (χ0v) is 9.01. The van der Waals surface area contributed by atoms with Gasteiger partial charge < -0.3 is 11.1 Å². The Balaban J connectivity index is 2.22. The predicted molar refractivity (Wildman–Crippen MR) is 60.8 cm³/mol. The monoisotopic (exact) mass is 210 g/mol. The first kappa shape index (κ1) is 9.81. The molecular weight excluding hydrogens is 196 g/mol. The van der Waals surface area contributed by atoms with E-state index < -0.39 is 0 Å². The minimum absolute atomic E-state index is 0.440. The van der Waals surface area contributed by atoms with Crippen LogP contribution in [0.4, 0.5) is 5.69 Å². The van der Waals surface area contributed by atoms with Gasteiger partial charge in [0.1, 0.15) is 0 Å². The Morgan fingerprint density at radius 3 is 3.07 bits per heavy atom. The van der Waals surface area contributed by atoms with Crippen molar-refractivity contribution in [3.05, 3.63) is 28.8 Å². The average Bonchev–Trinajstić information content (AvgIpc) is 2.62. The van der Waals surface area contributed by atoms with Gasteiger partial charge in [0.05, 0.1) is 10.7 Å². The van der Waals surface area contributed by atoms with E-state index >= 15 is 0 Å². The first-order chi connectivity index (χ1) is 6.72. The van der Waals surface area contributed by atoms with Crippen molar-refractivity contribution in [3.8, 4) is 0 Å². The number of halogens is 1. The molecule has 0 fully saturated rings. The molecular formula is C11H15ClN2. The molecule has 2 unspecified atom stereocenters. The van der Waals surface area contributed by atoms with Crippen LogP contribution in [-0.2, 0) is 6.42 Å². The van der Waals surface area contributed by atoms with E-state index in [4.69, 9.17) is 17.3 Å². The molecule has 0 radical (unpaired) electrons. The zero-order valence-electron chi connectivity index (χ0n) is 8.26. The molecule has 0 aromatic heterocycles. The maximum absolute atomic E-state index is 6.09. The molecule has 2 nitrogen and oxygen atoms in total. The maximum atomic E-state index is 6.09. The van der Waals surface area contributed by atoms with Crippen LogP contribution in [0.15, 0.2) is 18.2 Å². The summed E-state index contributed by atoms with van der Waals surface area (Å²) in [6.45, 7) is 2.88. The summed E-state index contributed by atoms with van der Waals surface area (Å²) < 4.78 is 0. The fourth-order valence-electron chi connectivity index (χ4n) is 1.88. The Kier molecular flexibility index (Phi) is 2.66. The lowest BCUT2D eigenvalue weighted by atomic mass is 9.99. The van der Waals surface area contributed by atoms with Gasteiger partial charge in [0.15, 0.2) is 0 Å². The smallest absolute Gasteiger partial charge is 0.0640 e. The molecule has 3 N–H and O–H groups in total. The van der Waals surface area contributed by atoms with Gasteiger partial charge in [-0.2, -0.15) is 0 Å². The van der Waals surface area contributed by atoms with Gasteiger partial charge in [0.25, 0.3) is 0 Å². The van der Waals surface area contributed by atoms with E-state index in [-0.39, 0.29) is 0 Å². The minimum atomic E-state index is 0.440. The van der Waals surface area contributed by atoms with Gasteiger partial charge in [-0.05, 0) is 30.5 Å². The lowest BCUT2D eigenvalue weighted by Crippen LogP contribution is -2.30. The van der Waals surface area contributed by atoms with Crippen LogP contribution in [0.3, 0.4) is 0 Å². The SMILES string of the molecule is CC(CN)C1Cc2cccc(Cl)c2N1. The van der Waals surface area contributed by atoms with Crippen molar-refractivity contribution in [2.75, 3.05) is 11.9 Å². The topological polar surface area (TPSA) is 38.0 Å². The number of benzene rings is 1. The van der Waals surface area contributed by atoms with Crippen molar-refractivity contribution >= 4 is 17.3 Å². The second-order valence-electron chi connectivity index (χ2n) is 3.94. The summed E-state index contributed by atoms with van der Waals surface area (Å²) in [5.74, 6) is 0.485. The largest absolute Gasteiger partial charge is 0.380 e. The molecule has 2 rings (SSSR count). The highest BCUT2D eigenvalue weighted by Gasteiger charge is 2.25. The predicted octanol–water partition coefficient (Wildman–Crippen LogP) is 2.27. The molecule has 0 aliphatic carbocycles. The van der Waals surface area contributed by atoms with Gasteiger partial charge in [-0.15, -0.1) is 0 Å². The highest BCUT2D eigenvalue weighted by molar-refractivity contribution is 6.33. The van der Waals surface area contributed by atoms with Crippen LogP contribution in [0, 0.1) is 5.92 Å². The number of fused-ring (bicyclic) bond motifs is 1. The van der Waals surface area contributed by atoms with Gasteiger partial charge in [-0.25, -0.2) is 0 Å². The number of nitrogens with one attached hydrogen (secondary N) is 1. The Morgan fingerprint density at radius 2 is 2.43 bits per heavy atom. The fourth-order valence-corrected chi connectivity index (χ4v) is 2.13. The van der Waals surface area contributed by atoms with Crippen molar-refractivity contribution in [3.63, 3.8) is 0 Å². The Bertz CT molecular complexity index is 338. The van der Waals surface area contributed by atoms with E-state index in [1.54, 1.807) is 0 Å². The molecule has 14 heavy (non-hydrogen) atoms. The first-order valence-electron chi connectivity index (χ1n) is 4.96. The summed E-state index contributed by atoms with van der Waals surface area (Å²) in [4.78, 5) is 0. The van der Waals surface area contributed by atoms with Crippen molar-refractivity contribution < 1.29 is 0 Å². The van der Waals surface area contributed by atoms with Crippen LogP contribution in [0.1, 0.15) is 12.5 Å². The highest BCUT2D eigenvalue weighted by Crippen LogP contribution is 2.34. The summed E-state index contributed by atoms with van der Waals surface area (Å²) in [5.41, 5.74) is 8.06. The van der Waals surface area contributed by atoms with Crippen molar-refractivity contribution in [2.45, 2.75) is 19.4 Å². The number of rotatable bonds is 2. The quantitative estimate of drug-likeness (QED) is 0.786. The molecule has 0 saturated heterocycles. The highest BCUT2D eigenvalue weighted by atomic mass is 35.5. The van der Waals surface area contributed by atoms with E-state index in [0.717, 1.165) is 17.1 Å². The summed E-state index contributed by atoms with van der Waals surface area (Å²) in [5, 5.41) is 4.26. The van der Waals surface area contributed by atoms with E-state index in [0.29, 0.717) is 18.5 Å². The molecule has 1 aromatic carbocycles. The third-order valence-corrected chi connectivity index (χ3v) is 3.24. The average molecular weight is 211 g/mol. The van der Waals surface area contributed by atoms with Gasteiger partial charge in [0, 0.05) is 6.04 Å². The second-order valence-corrected chi connectivity index (χ2v) is 4.35. The lowest BCUT2D eigenvalue weighted by molar-refractivity contribution is 0.503. The van der Waals surface area contributed by atoms with Crippen LogP contribution in [0.25, 0.3) is 0 Å². The third kappa shape index (κ3) is 1.60. The molecule has 0 bridgehead atoms. The molecule has 0 saturated carbocycles. The summed E-state index contributed by atoms with van der Waals surface area (Å²) in [6, 6.07) is 6.48. The molecule has 76 valence electrons. The standard InChI is InChI=1S/C11H15ClN2/c1-7(6-13)10-5-8-3-2-4-9(12)11(8)14-10/h2-4,7,10,14H,5-6,13H2,1H3. The summed E-state index contributed by atoms with van der Waals surface area (Å²) in [7, 11) is 0. The molecule has 0 spiro atoms. The summed E-state index contributed by atoms with van der Waals surface area (Å²) >= 11 is 6.09. The van der Waals surface area contributed by atoms with Crippen LogP contribution in [-0.4, -0.2) is 12.6 Å². The Morgan fingerprint density at radius 1 is 1.64 bits per heavy atom. The third-order valence-electron chi connectivity index (χ3n) is 2.93. The lowest BCUT2D eigenvalue weighted by Gasteiger charge is -2.17. The van der Waals surface area contributed by atoms with E-state index in [2.05, 4.69) is 18.3 Å². The summed E-state index contributed by atoms with van der Waals surface area (Å²) in [6.07, 6.45) is 1.04. The van der Waals surface area contributed by atoms with E-state index in [9.17, 15) is 0 Å². The number of para-hydroxylation sites is 1. The van der Waals surface area contributed by atoms with Gasteiger partial charge in [0.2, 0.25) is 0 Å². The number of anilines is 1. The normalized spacial score (nSPS) is 21.5. The van der Waals surface area contributed by atoms with Crippen molar-refractivity contribution in [1.29, 1.82) is 0 Å². The fraction of sp³-hybridized carbons (Fsp3) is 0.455. The van der Waals surface area contributed by atoms with Gasteiger partial charge in [-0.3, -0.25) is 0 Å². The van der Waals surface area contributed by atoms with E-state index in [1.165, 1.54) is 5.56 Å². The van der Waals surface area contributed by atoms with Crippen molar-refractivity contribution in [1.82, 2.24) is 0 Å². The van der Waals surface area contributed by atoms with E-state index in [1.807, 2.05) is 12.1 Å². The van der Waals surface area contributed by atoms with Crippen LogP contribution in [0.5, 0.6) is 0 Å². The first-order valence-corrected chi connectivity index (χ1v) is 5.34. The molecule has 1 heterocycles. The number of nitrogens with two attached hydrogens (primary N) is 1. The van der Waals surface area contributed by atoms with Gasteiger partial charge in [-0.1, -0.05) is 30.7 Å². The molecule has 1 aliphatic heterocycles. The van der Waals surface area contributed by atoms with Crippen LogP contribution >= 0.6 is 11.6 Å². The number of hydrogen-bond acceptors (Lipinski definition) is 2. The van der Waals surface area contributed by atoms with Crippen LogP contribution < -0.4 is 11.1 Å². The number of hydrogen-bond donors (Lipinski definition) is 2. The zero-order chi connectivity index (χ0) is 10.1. The second kappa shape index (κ2) is 3.79. The molecule has 0 amide bonds. The Hall–Kier alpha value is -0.730. The molecule has 3 heteroatoms. The van der Waals surface area contributed by atoms with Gasteiger partial charge >= 0.3 is 0 Å². The molecule has 2 atom stereocenters. The molecule has 1 aromatic rings. The van der Waals surface area contributed by atoms with Crippen molar-refractivity contribution in [2.24, 2.45) is 11.7 Å². The Labute approximate surface area is 89.4 Å². The minimum Gasteiger partial charge on any atom is -0.380 e. The molecule has 1 aliphatic rings. The maximum Gasteiger partial charge on any atom is 0.0640 e. The van der Waals surface area contributed by atoms with Crippen LogP contribution in [0.2, 0.25) is 5.02 Å².